The van der Waals surface area contributed by atoms with Crippen molar-refractivity contribution in [3.63, 3.8) is 0 Å². The third kappa shape index (κ3) is 6.60. The number of carbonyl (C=O) groups excluding carboxylic acids is 3. The maximum atomic E-state index is 13.5. The van der Waals surface area contributed by atoms with Crippen LogP contribution in [0.2, 0.25) is 0 Å². The molecule has 1 N–H and O–H groups in total. The molecule has 206 valence electrons. The second-order valence-electron chi connectivity index (χ2n) is 10.3. The summed E-state index contributed by atoms with van der Waals surface area (Å²) < 4.78 is 7.37. The molecule has 0 unspecified atom stereocenters. The molecule has 9 heteroatoms. The van der Waals surface area contributed by atoms with E-state index in [4.69, 9.17) is 4.74 Å². The summed E-state index contributed by atoms with van der Waals surface area (Å²) in [5, 5.41) is 11.8. The maximum absolute atomic E-state index is 13.5. The average Bonchev–Trinajstić information content (AvgIpc) is 3.36. The number of rotatable bonds is 11. The van der Waals surface area contributed by atoms with Crippen LogP contribution in [0.3, 0.4) is 0 Å². The Morgan fingerprint density at radius 2 is 1.64 bits per heavy atom. The summed E-state index contributed by atoms with van der Waals surface area (Å²) in [4.78, 5) is 39.4. The van der Waals surface area contributed by atoms with Crippen LogP contribution >= 0.6 is 0 Å². The second-order valence-corrected chi connectivity index (χ2v) is 10.3. The lowest BCUT2D eigenvalue weighted by molar-refractivity contribution is -0.125. The number of ketones is 1. The van der Waals surface area contributed by atoms with Gasteiger partial charge in [0, 0.05) is 48.9 Å². The van der Waals surface area contributed by atoms with Crippen molar-refractivity contribution in [3.8, 4) is 22.5 Å². The highest BCUT2D eigenvalue weighted by molar-refractivity contribution is 6.01. The number of anilines is 1. The predicted molar refractivity (Wildman–Crippen MR) is 150 cm³/mol. The van der Waals surface area contributed by atoms with Crippen LogP contribution in [0.25, 0.3) is 22.5 Å². The van der Waals surface area contributed by atoms with Crippen molar-refractivity contribution in [3.05, 3.63) is 54.1 Å². The summed E-state index contributed by atoms with van der Waals surface area (Å²) in [5.74, 6) is -0.202. The van der Waals surface area contributed by atoms with Gasteiger partial charge in [0.2, 0.25) is 11.8 Å². The van der Waals surface area contributed by atoms with Gasteiger partial charge in [0.15, 0.2) is 0 Å². The molecule has 0 saturated heterocycles. The van der Waals surface area contributed by atoms with Crippen LogP contribution < -0.4 is 10.2 Å². The maximum Gasteiger partial charge on any atom is 0.227 e. The van der Waals surface area contributed by atoms with Gasteiger partial charge in [-0.25, -0.2) is 4.68 Å². The first-order chi connectivity index (χ1) is 18.8. The summed E-state index contributed by atoms with van der Waals surface area (Å²) in [6.07, 6.45) is 0.507. The third-order valence-electron chi connectivity index (χ3n) is 6.81. The fourth-order valence-electron chi connectivity index (χ4n) is 4.63. The summed E-state index contributed by atoms with van der Waals surface area (Å²) in [6.45, 7) is 9.24. The number of hydrogen-bond acceptors (Lipinski definition) is 6. The van der Waals surface area contributed by atoms with E-state index in [1.165, 1.54) is 0 Å². The molecular formula is C30H37N5O4. The van der Waals surface area contributed by atoms with Crippen LogP contribution in [-0.2, 0) is 25.7 Å². The van der Waals surface area contributed by atoms with Gasteiger partial charge in [-0.2, -0.15) is 0 Å². The fraction of sp³-hybridized carbons (Fsp3) is 0.433. The van der Waals surface area contributed by atoms with Gasteiger partial charge in [0.25, 0.3) is 0 Å². The van der Waals surface area contributed by atoms with Crippen molar-refractivity contribution < 1.29 is 19.1 Å². The van der Waals surface area contributed by atoms with Gasteiger partial charge in [-0.15, -0.1) is 5.10 Å². The van der Waals surface area contributed by atoms with Crippen molar-refractivity contribution in [2.75, 3.05) is 24.7 Å². The molecule has 2 amide bonds. The largest absolute Gasteiger partial charge is 0.379 e. The lowest BCUT2D eigenvalue weighted by Gasteiger charge is -2.28. The normalized spacial score (nSPS) is 12.4. The van der Waals surface area contributed by atoms with E-state index < -0.39 is 0 Å². The van der Waals surface area contributed by atoms with Crippen LogP contribution in [0.15, 0.2) is 48.5 Å². The number of carbonyl (C=O) groups is 3. The standard InChI is InChI=1S/C30H37N5O4/c1-20(2)26(36)15-17-39-18-16-31-27(37)13-14-28(38)34-19-22-9-5-6-10-23(22)30-29(32-33-35(30)21(3)4)24-11-7-8-12-25(24)34/h5-12,20-21H,13-19H2,1-4H3,(H,31,37). The van der Waals surface area contributed by atoms with Crippen LogP contribution in [-0.4, -0.2) is 52.3 Å². The Hall–Kier alpha value is -3.85. The number of nitrogens with one attached hydrogen (secondary N) is 1. The monoisotopic (exact) mass is 531 g/mol. The Labute approximate surface area is 229 Å². The first-order valence-corrected chi connectivity index (χ1v) is 13.6. The van der Waals surface area contributed by atoms with E-state index >= 15 is 0 Å². The van der Waals surface area contributed by atoms with Crippen LogP contribution in [0.1, 0.15) is 58.6 Å². The Kier molecular flexibility index (Phi) is 9.24. The highest BCUT2D eigenvalue weighted by Gasteiger charge is 2.29. The minimum absolute atomic E-state index is 0.00377. The molecular weight excluding hydrogens is 494 g/mol. The van der Waals surface area contributed by atoms with E-state index in [0.29, 0.717) is 32.7 Å². The molecule has 0 radical (unpaired) electrons. The Balaban J connectivity index is 1.45. The molecule has 3 aromatic rings. The first kappa shape index (κ1) is 28.2. The lowest BCUT2D eigenvalue weighted by Crippen LogP contribution is -2.34. The molecule has 0 saturated carbocycles. The fourth-order valence-corrected chi connectivity index (χ4v) is 4.63. The predicted octanol–water partition coefficient (Wildman–Crippen LogP) is 4.57. The molecule has 1 aliphatic rings. The van der Waals surface area contributed by atoms with E-state index in [0.717, 1.165) is 33.8 Å². The lowest BCUT2D eigenvalue weighted by atomic mass is 9.95. The zero-order valence-electron chi connectivity index (χ0n) is 23.1. The highest BCUT2D eigenvalue weighted by Crippen LogP contribution is 2.41. The average molecular weight is 532 g/mol. The quantitative estimate of drug-likeness (QED) is 0.364. The topological polar surface area (TPSA) is 106 Å². The van der Waals surface area contributed by atoms with Gasteiger partial charge in [-0.05, 0) is 25.5 Å². The van der Waals surface area contributed by atoms with Crippen molar-refractivity contribution in [1.29, 1.82) is 0 Å². The molecule has 0 spiro atoms. The number of nitrogens with zero attached hydrogens (tertiary/aromatic N) is 4. The number of ether oxygens (including phenoxy) is 1. The molecule has 2 heterocycles. The molecule has 9 nitrogen and oxygen atoms in total. The van der Waals surface area contributed by atoms with Gasteiger partial charge < -0.3 is 15.0 Å². The van der Waals surface area contributed by atoms with Gasteiger partial charge in [0.05, 0.1) is 31.1 Å². The number of hydrogen-bond donors (Lipinski definition) is 1. The van der Waals surface area contributed by atoms with Crippen LogP contribution in [0.4, 0.5) is 5.69 Å². The molecule has 2 aromatic carbocycles. The summed E-state index contributed by atoms with van der Waals surface area (Å²) >= 11 is 0. The Bertz CT molecular complexity index is 1330. The zero-order chi connectivity index (χ0) is 27.9. The highest BCUT2D eigenvalue weighted by atomic mass is 16.5. The summed E-state index contributed by atoms with van der Waals surface area (Å²) in [5.41, 5.74) is 5.24. The van der Waals surface area contributed by atoms with E-state index in [1.54, 1.807) is 4.90 Å². The number of benzene rings is 2. The second kappa shape index (κ2) is 12.8. The van der Waals surface area contributed by atoms with E-state index in [2.05, 4.69) is 29.5 Å². The molecule has 0 aliphatic carbocycles. The minimum atomic E-state index is -0.215. The number of amides is 2. The third-order valence-corrected chi connectivity index (χ3v) is 6.81. The molecule has 39 heavy (non-hydrogen) atoms. The summed E-state index contributed by atoms with van der Waals surface area (Å²) in [7, 11) is 0. The van der Waals surface area contributed by atoms with E-state index in [1.807, 2.05) is 67.1 Å². The molecule has 0 fully saturated rings. The molecule has 0 bridgehead atoms. The molecule has 1 aliphatic heterocycles. The minimum Gasteiger partial charge on any atom is -0.379 e. The SMILES string of the molecule is CC(C)C(=O)CCOCCNC(=O)CCC(=O)N1Cc2ccccc2-c2c(nnn2C(C)C)-c2ccccc21. The van der Waals surface area contributed by atoms with Crippen LogP contribution in [0.5, 0.6) is 0 Å². The van der Waals surface area contributed by atoms with Gasteiger partial charge >= 0.3 is 0 Å². The van der Waals surface area contributed by atoms with Crippen molar-refractivity contribution in [2.24, 2.45) is 5.92 Å². The molecule has 4 rings (SSSR count). The van der Waals surface area contributed by atoms with E-state index in [-0.39, 0.29) is 42.4 Å². The first-order valence-electron chi connectivity index (χ1n) is 13.6. The van der Waals surface area contributed by atoms with Gasteiger partial charge in [-0.1, -0.05) is 61.5 Å². The number of para-hydroxylation sites is 1. The molecule has 0 atom stereocenters. The van der Waals surface area contributed by atoms with Crippen molar-refractivity contribution in [1.82, 2.24) is 20.3 Å². The smallest absolute Gasteiger partial charge is 0.227 e. The number of fused-ring (bicyclic) bond motifs is 5. The van der Waals surface area contributed by atoms with Gasteiger partial charge in [-0.3, -0.25) is 14.4 Å². The van der Waals surface area contributed by atoms with E-state index in [9.17, 15) is 14.4 Å². The van der Waals surface area contributed by atoms with Crippen LogP contribution in [0, 0.1) is 5.92 Å². The zero-order valence-corrected chi connectivity index (χ0v) is 23.1. The van der Waals surface area contributed by atoms with Crippen molar-refractivity contribution in [2.45, 2.75) is 59.5 Å². The van der Waals surface area contributed by atoms with Gasteiger partial charge in [0.1, 0.15) is 11.5 Å². The Morgan fingerprint density at radius 1 is 0.923 bits per heavy atom. The Morgan fingerprint density at radius 3 is 2.38 bits per heavy atom. The van der Waals surface area contributed by atoms with Crippen molar-refractivity contribution >= 4 is 23.3 Å². The number of aromatic nitrogens is 3. The molecule has 1 aromatic heterocycles. The number of Topliss-reactive ketones (excluding diaryl/α,β-unsaturated/α-hetero) is 1. The summed E-state index contributed by atoms with van der Waals surface area (Å²) in [6, 6.07) is 15.8.